The Morgan fingerprint density at radius 1 is 1.62 bits per heavy atom. The minimum Gasteiger partial charge on any atom is -0.463 e. The fraction of sp³-hybridized carbons (Fsp3) is 0.500. The minimum absolute atomic E-state index is 0.118. The van der Waals surface area contributed by atoms with Crippen molar-refractivity contribution in [2.75, 3.05) is 12.3 Å². The van der Waals surface area contributed by atoms with E-state index >= 15 is 0 Å². The van der Waals surface area contributed by atoms with E-state index in [1.54, 1.807) is 0 Å². The summed E-state index contributed by atoms with van der Waals surface area (Å²) in [6.07, 6.45) is 0.998. The van der Waals surface area contributed by atoms with Crippen LogP contribution in [-0.2, 0) is 0 Å². The molecule has 0 aliphatic heterocycles. The molecule has 0 bridgehead atoms. The van der Waals surface area contributed by atoms with Gasteiger partial charge in [-0.1, -0.05) is 13.8 Å². The molecular weight excluding hydrogens is 173 g/mol. The zero-order chi connectivity index (χ0) is 9.84. The van der Waals surface area contributed by atoms with Crippen LogP contribution < -0.4 is 10.5 Å². The molecule has 0 atom stereocenters. The highest BCUT2D eigenvalue weighted by molar-refractivity contribution is 5.28. The van der Waals surface area contributed by atoms with Gasteiger partial charge < -0.3 is 10.5 Å². The number of hydrogen-bond donors (Lipinski definition) is 1. The molecule has 1 rings (SSSR count). The highest BCUT2D eigenvalue weighted by atomic mass is 19.1. The SMILES string of the molecule is CC(C)COc1ncc(F)c(N)n1. The van der Waals surface area contributed by atoms with Gasteiger partial charge in [0.05, 0.1) is 12.8 Å². The molecule has 0 unspecified atom stereocenters. The Bertz CT molecular complexity index is 291. The van der Waals surface area contributed by atoms with Gasteiger partial charge >= 0.3 is 6.01 Å². The van der Waals surface area contributed by atoms with E-state index in [9.17, 15) is 4.39 Å². The molecule has 0 aliphatic rings. The van der Waals surface area contributed by atoms with Gasteiger partial charge in [0.15, 0.2) is 11.6 Å². The van der Waals surface area contributed by atoms with Crippen molar-refractivity contribution in [1.82, 2.24) is 9.97 Å². The smallest absolute Gasteiger partial charge is 0.318 e. The maximum Gasteiger partial charge on any atom is 0.318 e. The Balaban J connectivity index is 2.63. The quantitative estimate of drug-likeness (QED) is 0.769. The molecule has 72 valence electrons. The summed E-state index contributed by atoms with van der Waals surface area (Å²) in [6, 6.07) is 0.118. The molecule has 5 heteroatoms. The second kappa shape index (κ2) is 4.02. The van der Waals surface area contributed by atoms with E-state index in [0.717, 1.165) is 6.20 Å². The summed E-state index contributed by atoms with van der Waals surface area (Å²) in [5.74, 6) is -0.444. The van der Waals surface area contributed by atoms with Crippen molar-refractivity contribution in [3.8, 4) is 6.01 Å². The van der Waals surface area contributed by atoms with Crippen LogP contribution >= 0.6 is 0 Å². The summed E-state index contributed by atoms with van der Waals surface area (Å²) in [7, 11) is 0. The molecule has 13 heavy (non-hydrogen) atoms. The summed E-state index contributed by atoms with van der Waals surface area (Å²) in [5, 5.41) is 0. The van der Waals surface area contributed by atoms with Crippen molar-refractivity contribution in [3.05, 3.63) is 12.0 Å². The first kappa shape index (κ1) is 9.70. The molecule has 0 aromatic carbocycles. The Labute approximate surface area is 75.9 Å². The van der Waals surface area contributed by atoms with E-state index in [2.05, 4.69) is 9.97 Å². The number of nitrogen functional groups attached to an aromatic ring is 1. The number of halogens is 1. The van der Waals surface area contributed by atoms with Crippen molar-refractivity contribution in [3.63, 3.8) is 0 Å². The van der Waals surface area contributed by atoms with Crippen LogP contribution in [0, 0.1) is 11.7 Å². The van der Waals surface area contributed by atoms with E-state index in [-0.39, 0.29) is 11.8 Å². The third-order valence-electron chi connectivity index (χ3n) is 1.29. The van der Waals surface area contributed by atoms with Crippen molar-refractivity contribution in [1.29, 1.82) is 0 Å². The highest BCUT2D eigenvalue weighted by Gasteiger charge is 2.04. The zero-order valence-electron chi connectivity index (χ0n) is 7.62. The number of hydrogen-bond acceptors (Lipinski definition) is 4. The summed E-state index contributed by atoms with van der Waals surface area (Å²) >= 11 is 0. The topological polar surface area (TPSA) is 61.0 Å². The van der Waals surface area contributed by atoms with Gasteiger partial charge in [0.1, 0.15) is 0 Å². The lowest BCUT2D eigenvalue weighted by Gasteiger charge is -2.06. The van der Waals surface area contributed by atoms with Crippen LogP contribution in [0.25, 0.3) is 0 Å². The third-order valence-corrected chi connectivity index (χ3v) is 1.29. The van der Waals surface area contributed by atoms with Crippen LogP contribution in [0.15, 0.2) is 6.20 Å². The summed E-state index contributed by atoms with van der Waals surface area (Å²) in [5.41, 5.74) is 5.22. The number of nitrogens with two attached hydrogens (primary N) is 1. The normalized spacial score (nSPS) is 10.5. The van der Waals surface area contributed by atoms with Crippen LogP contribution in [0.5, 0.6) is 6.01 Å². The maximum atomic E-state index is 12.6. The molecule has 0 fully saturated rings. The molecular formula is C8H12FN3O. The molecule has 1 aromatic rings. The van der Waals surface area contributed by atoms with Gasteiger partial charge in [-0.15, -0.1) is 0 Å². The summed E-state index contributed by atoms with van der Waals surface area (Å²) in [6.45, 7) is 4.48. The molecule has 0 spiro atoms. The van der Waals surface area contributed by atoms with Crippen molar-refractivity contribution in [2.45, 2.75) is 13.8 Å². The Morgan fingerprint density at radius 2 is 2.31 bits per heavy atom. The van der Waals surface area contributed by atoms with Gasteiger partial charge in [-0.05, 0) is 5.92 Å². The molecule has 4 nitrogen and oxygen atoms in total. The van der Waals surface area contributed by atoms with Crippen LogP contribution in [-0.4, -0.2) is 16.6 Å². The zero-order valence-corrected chi connectivity index (χ0v) is 7.62. The van der Waals surface area contributed by atoms with Gasteiger partial charge in [-0.2, -0.15) is 4.98 Å². The number of anilines is 1. The van der Waals surface area contributed by atoms with Crippen LogP contribution in [0.3, 0.4) is 0 Å². The number of rotatable bonds is 3. The molecule has 0 aliphatic carbocycles. The molecule has 0 amide bonds. The summed E-state index contributed by atoms with van der Waals surface area (Å²) < 4.78 is 17.7. The Kier molecular flexibility index (Phi) is 3.00. The number of nitrogens with zero attached hydrogens (tertiary/aromatic N) is 2. The minimum atomic E-state index is -0.628. The highest BCUT2D eigenvalue weighted by Crippen LogP contribution is 2.09. The average molecular weight is 185 g/mol. The Hall–Kier alpha value is -1.39. The van der Waals surface area contributed by atoms with Gasteiger partial charge in [-0.25, -0.2) is 9.37 Å². The first-order valence-corrected chi connectivity index (χ1v) is 4.00. The van der Waals surface area contributed by atoms with Gasteiger partial charge in [0.2, 0.25) is 0 Å². The fourth-order valence-electron chi connectivity index (χ4n) is 0.674. The molecule has 2 N–H and O–H groups in total. The second-order valence-corrected chi connectivity index (χ2v) is 3.09. The molecule has 0 saturated carbocycles. The van der Waals surface area contributed by atoms with Crippen LogP contribution in [0.1, 0.15) is 13.8 Å². The number of ether oxygens (including phenoxy) is 1. The van der Waals surface area contributed by atoms with Crippen molar-refractivity contribution < 1.29 is 9.13 Å². The van der Waals surface area contributed by atoms with Crippen molar-refractivity contribution >= 4 is 5.82 Å². The standard InChI is InChI=1S/C8H12FN3O/c1-5(2)4-13-8-11-3-6(9)7(10)12-8/h3,5H,4H2,1-2H3,(H2,10,11,12). The van der Waals surface area contributed by atoms with Gasteiger partial charge in [0, 0.05) is 0 Å². The first-order chi connectivity index (χ1) is 6.09. The van der Waals surface area contributed by atoms with Gasteiger partial charge in [0.25, 0.3) is 0 Å². The lowest BCUT2D eigenvalue weighted by atomic mass is 10.2. The predicted octanol–water partition coefficient (Wildman–Crippen LogP) is 1.23. The van der Waals surface area contributed by atoms with E-state index in [1.807, 2.05) is 13.8 Å². The van der Waals surface area contributed by atoms with Crippen LogP contribution in [0.2, 0.25) is 0 Å². The lowest BCUT2D eigenvalue weighted by Crippen LogP contribution is -2.08. The third kappa shape index (κ3) is 2.85. The van der Waals surface area contributed by atoms with Crippen molar-refractivity contribution in [2.24, 2.45) is 5.92 Å². The van der Waals surface area contributed by atoms with E-state index < -0.39 is 5.82 Å². The monoisotopic (exact) mass is 185 g/mol. The first-order valence-electron chi connectivity index (χ1n) is 4.00. The largest absolute Gasteiger partial charge is 0.463 e. The van der Waals surface area contributed by atoms with Gasteiger partial charge in [-0.3, -0.25) is 0 Å². The molecule has 0 radical (unpaired) electrons. The van der Waals surface area contributed by atoms with E-state index in [4.69, 9.17) is 10.5 Å². The lowest BCUT2D eigenvalue weighted by molar-refractivity contribution is 0.250. The average Bonchev–Trinajstić information content (AvgIpc) is 2.07. The van der Waals surface area contributed by atoms with E-state index in [0.29, 0.717) is 12.5 Å². The predicted molar refractivity (Wildman–Crippen MR) is 46.7 cm³/mol. The Morgan fingerprint density at radius 3 is 2.85 bits per heavy atom. The second-order valence-electron chi connectivity index (χ2n) is 3.09. The van der Waals surface area contributed by atoms with Crippen LogP contribution in [0.4, 0.5) is 10.2 Å². The fourth-order valence-corrected chi connectivity index (χ4v) is 0.674. The molecule has 0 saturated heterocycles. The molecule has 1 heterocycles. The maximum absolute atomic E-state index is 12.6. The number of aromatic nitrogens is 2. The van der Waals surface area contributed by atoms with E-state index in [1.165, 1.54) is 0 Å². The summed E-state index contributed by atoms with van der Waals surface area (Å²) in [4.78, 5) is 7.24. The molecule has 1 aromatic heterocycles.